The van der Waals surface area contributed by atoms with Crippen LogP contribution >= 0.6 is 0 Å². The number of carbonyl (C=O) groups excluding carboxylic acids is 1. The molecule has 1 fully saturated rings. The maximum atomic E-state index is 11.2. The molecular formula is C8H16N2O2. The minimum Gasteiger partial charge on any atom is -0.378 e. The van der Waals surface area contributed by atoms with Crippen molar-refractivity contribution >= 4 is 5.91 Å². The number of nitrogens with two attached hydrogens (primary N) is 1. The smallest absolute Gasteiger partial charge is 0.222 e. The summed E-state index contributed by atoms with van der Waals surface area (Å²) in [4.78, 5) is 13.0. The number of methoxy groups -OCH3 is 1. The fourth-order valence-electron chi connectivity index (χ4n) is 1.48. The van der Waals surface area contributed by atoms with E-state index in [0.29, 0.717) is 19.5 Å². The second kappa shape index (κ2) is 3.87. The topological polar surface area (TPSA) is 55.6 Å². The van der Waals surface area contributed by atoms with Crippen LogP contribution in [0.3, 0.4) is 0 Å². The van der Waals surface area contributed by atoms with Crippen molar-refractivity contribution in [2.45, 2.75) is 25.5 Å². The number of hydrogen-bond acceptors (Lipinski definition) is 3. The van der Waals surface area contributed by atoms with Crippen LogP contribution in [0.1, 0.15) is 13.3 Å². The molecule has 0 aliphatic carbocycles. The van der Waals surface area contributed by atoms with Gasteiger partial charge in [-0.25, -0.2) is 0 Å². The van der Waals surface area contributed by atoms with Gasteiger partial charge in [-0.3, -0.25) is 4.79 Å². The van der Waals surface area contributed by atoms with E-state index in [1.165, 1.54) is 0 Å². The third kappa shape index (κ3) is 1.76. The van der Waals surface area contributed by atoms with E-state index in [4.69, 9.17) is 10.5 Å². The van der Waals surface area contributed by atoms with Crippen LogP contribution in [0, 0.1) is 0 Å². The van der Waals surface area contributed by atoms with Crippen molar-refractivity contribution < 1.29 is 9.53 Å². The van der Waals surface area contributed by atoms with Crippen LogP contribution in [0.4, 0.5) is 0 Å². The first-order chi connectivity index (χ1) is 5.69. The lowest BCUT2D eigenvalue weighted by molar-refractivity contribution is -0.130. The summed E-state index contributed by atoms with van der Waals surface area (Å²) in [6, 6.07) is -0.0227. The fourth-order valence-corrected chi connectivity index (χ4v) is 1.48. The molecule has 0 aromatic heterocycles. The molecule has 12 heavy (non-hydrogen) atoms. The molecule has 0 spiro atoms. The zero-order valence-electron chi connectivity index (χ0n) is 7.62. The second-order valence-electron chi connectivity index (χ2n) is 3.09. The zero-order chi connectivity index (χ0) is 9.14. The largest absolute Gasteiger partial charge is 0.378 e. The van der Waals surface area contributed by atoms with Gasteiger partial charge in [0.15, 0.2) is 0 Å². The number of hydrogen-bond donors (Lipinski definition) is 1. The first kappa shape index (κ1) is 9.48. The van der Waals surface area contributed by atoms with Gasteiger partial charge >= 0.3 is 0 Å². The van der Waals surface area contributed by atoms with Crippen molar-refractivity contribution in [1.29, 1.82) is 0 Å². The molecule has 0 saturated carbocycles. The van der Waals surface area contributed by atoms with E-state index in [0.717, 1.165) is 0 Å². The van der Waals surface area contributed by atoms with Gasteiger partial charge < -0.3 is 15.4 Å². The Morgan fingerprint density at radius 2 is 2.33 bits per heavy atom. The summed E-state index contributed by atoms with van der Waals surface area (Å²) in [6.45, 7) is 3.13. The molecule has 1 rings (SSSR count). The lowest BCUT2D eigenvalue weighted by Gasteiger charge is -2.13. The molecule has 1 heterocycles. The fraction of sp³-hybridized carbons (Fsp3) is 0.875. The van der Waals surface area contributed by atoms with Gasteiger partial charge in [0.25, 0.3) is 0 Å². The van der Waals surface area contributed by atoms with E-state index in [1.807, 2.05) is 6.92 Å². The zero-order valence-corrected chi connectivity index (χ0v) is 7.62. The Balaban J connectivity index is 2.48. The molecule has 2 unspecified atom stereocenters. The predicted octanol–water partition coefficient (Wildman–Crippen LogP) is -0.419. The Kier molecular flexibility index (Phi) is 3.05. The predicted molar refractivity (Wildman–Crippen MR) is 45.6 cm³/mol. The van der Waals surface area contributed by atoms with Crippen LogP contribution in [0.25, 0.3) is 0 Å². The molecule has 4 heteroatoms. The highest BCUT2D eigenvalue weighted by molar-refractivity contribution is 5.76. The SMILES string of the molecule is CCC(=O)N1CC(N)C(OC)C1. The van der Waals surface area contributed by atoms with Crippen molar-refractivity contribution in [3.8, 4) is 0 Å². The summed E-state index contributed by atoms with van der Waals surface area (Å²) >= 11 is 0. The molecule has 1 aliphatic heterocycles. The highest BCUT2D eigenvalue weighted by Crippen LogP contribution is 2.11. The van der Waals surface area contributed by atoms with E-state index in [1.54, 1.807) is 12.0 Å². The maximum absolute atomic E-state index is 11.2. The molecule has 1 aliphatic rings. The average molecular weight is 172 g/mol. The van der Waals surface area contributed by atoms with Crippen molar-refractivity contribution in [2.24, 2.45) is 5.73 Å². The molecule has 2 atom stereocenters. The molecule has 2 N–H and O–H groups in total. The van der Waals surface area contributed by atoms with Crippen molar-refractivity contribution in [3.05, 3.63) is 0 Å². The Morgan fingerprint density at radius 1 is 1.67 bits per heavy atom. The average Bonchev–Trinajstić information content (AvgIpc) is 2.45. The molecule has 1 amide bonds. The van der Waals surface area contributed by atoms with Crippen LogP contribution < -0.4 is 5.73 Å². The number of carbonyl (C=O) groups is 1. The standard InChI is InChI=1S/C8H16N2O2/c1-3-8(11)10-4-6(9)7(5-10)12-2/h6-7H,3-5,9H2,1-2H3. The number of ether oxygens (including phenoxy) is 1. The molecular weight excluding hydrogens is 156 g/mol. The summed E-state index contributed by atoms with van der Waals surface area (Å²) < 4.78 is 5.13. The monoisotopic (exact) mass is 172 g/mol. The third-order valence-corrected chi connectivity index (χ3v) is 2.27. The summed E-state index contributed by atoms with van der Waals surface area (Å²) in [7, 11) is 1.63. The first-order valence-electron chi connectivity index (χ1n) is 4.25. The number of rotatable bonds is 2. The second-order valence-corrected chi connectivity index (χ2v) is 3.09. The van der Waals surface area contributed by atoms with Gasteiger partial charge in [0, 0.05) is 26.6 Å². The van der Waals surface area contributed by atoms with Crippen molar-refractivity contribution in [3.63, 3.8) is 0 Å². The molecule has 4 nitrogen and oxygen atoms in total. The summed E-state index contributed by atoms with van der Waals surface area (Å²) in [6.07, 6.45) is 0.559. The van der Waals surface area contributed by atoms with Gasteiger partial charge in [-0.05, 0) is 0 Å². The lowest BCUT2D eigenvalue weighted by atomic mass is 10.2. The van der Waals surface area contributed by atoms with Crippen LogP contribution in [0.5, 0.6) is 0 Å². The first-order valence-corrected chi connectivity index (χ1v) is 4.25. The van der Waals surface area contributed by atoms with Gasteiger partial charge in [-0.15, -0.1) is 0 Å². The minimum atomic E-state index is -0.0227. The van der Waals surface area contributed by atoms with E-state index >= 15 is 0 Å². The van der Waals surface area contributed by atoms with E-state index in [-0.39, 0.29) is 18.1 Å². The lowest BCUT2D eigenvalue weighted by Crippen LogP contribution is -2.34. The summed E-state index contributed by atoms with van der Waals surface area (Å²) in [5.41, 5.74) is 5.75. The Labute approximate surface area is 72.7 Å². The highest BCUT2D eigenvalue weighted by Gasteiger charge is 2.31. The van der Waals surface area contributed by atoms with E-state index < -0.39 is 0 Å². The van der Waals surface area contributed by atoms with Crippen LogP contribution in [0.15, 0.2) is 0 Å². The van der Waals surface area contributed by atoms with Gasteiger partial charge in [-0.2, -0.15) is 0 Å². The maximum Gasteiger partial charge on any atom is 0.222 e. The Morgan fingerprint density at radius 3 is 2.75 bits per heavy atom. The van der Waals surface area contributed by atoms with Crippen molar-refractivity contribution in [2.75, 3.05) is 20.2 Å². The third-order valence-electron chi connectivity index (χ3n) is 2.27. The van der Waals surface area contributed by atoms with E-state index in [2.05, 4.69) is 0 Å². The Hall–Kier alpha value is -0.610. The number of likely N-dealkylation sites (tertiary alicyclic amines) is 1. The van der Waals surface area contributed by atoms with Gasteiger partial charge in [-0.1, -0.05) is 6.92 Å². The molecule has 0 radical (unpaired) electrons. The Bertz CT molecular complexity index is 172. The molecule has 0 bridgehead atoms. The summed E-state index contributed by atoms with van der Waals surface area (Å²) in [5, 5.41) is 0. The molecule has 1 saturated heterocycles. The number of amides is 1. The van der Waals surface area contributed by atoms with Gasteiger partial charge in [0.2, 0.25) is 5.91 Å². The minimum absolute atomic E-state index is 0.0144. The molecule has 0 aromatic carbocycles. The van der Waals surface area contributed by atoms with Gasteiger partial charge in [0.05, 0.1) is 12.1 Å². The molecule has 70 valence electrons. The normalized spacial score (nSPS) is 29.4. The van der Waals surface area contributed by atoms with Crippen molar-refractivity contribution in [1.82, 2.24) is 4.90 Å². The quantitative estimate of drug-likeness (QED) is 0.615. The number of nitrogens with zero attached hydrogens (tertiary/aromatic N) is 1. The molecule has 0 aromatic rings. The van der Waals surface area contributed by atoms with Gasteiger partial charge in [0.1, 0.15) is 0 Å². The van der Waals surface area contributed by atoms with E-state index in [9.17, 15) is 4.79 Å². The highest BCUT2D eigenvalue weighted by atomic mass is 16.5. The van der Waals surface area contributed by atoms with Crippen LogP contribution in [-0.4, -0.2) is 43.2 Å². The van der Waals surface area contributed by atoms with Crippen LogP contribution in [0.2, 0.25) is 0 Å². The summed E-state index contributed by atoms with van der Waals surface area (Å²) in [5.74, 6) is 0.157. The van der Waals surface area contributed by atoms with Crippen LogP contribution in [-0.2, 0) is 9.53 Å².